The summed E-state index contributed by atoms with van der Waals surface area (Å²) in [4.78, 5) is 13.4. The summed E-state index contributed by atoms with van der Waals surface area (Å²) in [6, 6.07) is 7.97. The Bertz CT molecular complexity index is 865. The molecule has 7 nitrogen and oxygen atoms in total. The zero-order valence-corrected chi connectivity index (χ0v) is 17.2. The van der Waals surface area contributed by atoms with Gasteiger partial charge in [0, 0.05) is 13.1 Å². The first kappa shape index (κ1) is 21.4. The van der Waals surface area contributed by atoms with E-state index < -0.39 is 10.0 Å². The zero-order chi connectivity index (χ0) is 20.0. The molecule has 27 heavy (non-hydrogen) atoms. The Morgan fingerprint density at radius 3 is 2.56 bits per heavy atom. The summed E-state index contributed by atoms with van der Waals surface area (Å²) in [5.41, 5.74) is 0.278. The lowest BCUT2D eigenvalue weighted by Crippen LogP contribution is -3.08. The normalized spacial score (nSPS) is 12.9. The van der Waals surface area contributed by atoms with E-state index in [1.54, 1.807) is 26.2 Å². The largest absolute Gasteiger partial charge is 0.463 e. The maximum Gasteiger partial charge on any atom is 0.279 e. The minimum Gasteiger partial charge on any atom is -0.463 e. The van der Waals surface area contributed by atoms with Gasteiger partial charge in [0.1, 0.15) is 6.54 Å². The van der Waals surface area contributed by atoms with Crippen LogP contribution in [0.3, 0.4) is 0 Å². The number of benzene rings is 1. The first-order valence-electron chi connectivity index (χ1n) is 8.71. The molecule has 0 bridgehead atoms. The van der Waals surface area contributed by atoms with Gasteiger partial charge in [0.25, 0.3) is 5.91 Å². The highest BCUT2D eigenvalue weighted by atomic mass is 35.5. The van der Waals surface area contributed by atoms with Gasteiger partial charge in [-0.2, -0.15) is 4.31 Å². The van der Waals surface area contributed by atoms with Crippen molar-refractivity contribution in [3.63, 3.8) is 0 Å². The predicted octanol–water partition coefficient (Wildman–Crippen LogP) is 1.62. The average Bonchev–Trinajstić information content (AvgIpc) is 3.10. The van der Waals surface area contributed by atoms with Crippen molar-refractivity contribution in [1.82, 2.24) is 4.31 Å². The number of amides is 1. The first-order chi connectivity index (χ1) is 12.8. The zero-order valence-electron chi connectivity index (χ0n) is 15.7. The molecule has 1 aromatic heterocycles. The molecule has 0 aliphatic heterocycles. The van der Waals surface area contributed by atoms with Crippen LogP contribution in [0.2, 0.25) is 5.02 Å². The van der Waals surface area contributed by atoms with Crippen molar-refractivity contribution in [1.29, 1.82) is 0 Å². The predicted molar refractivity (Wildman–Crippen MR) is 104 cm³/mol. The molecule has 1 aromatic carbocycles. The van der Waals surface area contributed by atoms with E-state index in [0.29, 0.717) is 19.6 Å². The lowest BCUT2D eigenvalue weighted by Gasteiger charge is -2.19. The van der Waals surface area contributed by atoms with Gasteiger partial charge in [0.2, 0.25) is 10.0 Å². The van der Waals surface area contributed by atoms with Crippen LogP contribution in [0.4, 0.5) is 5.69 Å². The number of halogens is 1. The monoisotopic (exact) mass is 414 g/mol. The van der Waals surface area contributed by atoms with Crippen molar-refractivity contribution >= 4 is 33.2 Å². The SMILES string of the molecule is CCN(CC)S(=O)(=O)c1ccc(Cl)c(NC(=O)C[NH+](C)Cc2ccco2)c1. The van der Waals surface area contributed by atoms with Crippen LogP contribution in [0.5, 0.6) is 0 Å². The van der Waals surface area contributed by atoms with E-state index in [2.05, 4.69) is 5.32 Å². The van der Waals surface area contributed by atoms with Gasteiger partial charge in [-0.15, -0.1) is 0 Å². The van der Waals surface area contributed by atoms with Crippen molar-refractivity contribution in [3.8, 4) is 0 Å². The smallest absolute Gasteiger partial charge is 0.279 e. The Balaban J connectivity index is 2.10. The summed E-state index contributed by atoms with van der Waals surface area (Å²) in [6.45, 7) is 5.03. The lowest BCUT2D eigenvalue weighted by atomic mass is 10.3. The molecule has 0 aliphatic rings. The Labute approximate surface area is 164 Å². The molecule has 1 amide bonds. The summed E-state index contributed by atoms with van der Waals surface area (Å²) in [6.07, 6.45) is 1.59. The summed E-state index contributed by atoms with van der Waals surface area (Å²) >= 11 is 6.14. The van der Waals surface area contributed by atoms with E-state index in [-0.39, 0.29) is 28.1 Å². The van der Waals surface area contributed by atoms with Crippen LogP contribution < -0.4 is 10.2 Å². The standard InChI is InChI=1S/C18H24ClN3O4S/c1-4-22(5-2)27(24,25)15-8-9-16(19)17(11-15)20-18(23)13-21(3)12-14-7-6-10-26-14/h6-11H,4-5,12-13H2,1-3H3,(H,20,23)/p+1. The van der Waals surface area contributed by atoms with Crippen molar-refractivity contribution in [2.45, 2.75) is 25.3 Å². The van der Waals surface area contributed by atoms with Crippen molar-refractivity contribution < 1.29 is 22.5 Å². The maximum absolute atomic E-state index is 12.7. The number of hydrogen-bond donors (Lipinski definition) is 2. The number of nitrogens with one attached hydrogen (secondary N) is 2. The van der Waals surface area contributed by atoms with E-state index in [0.717, 1.165) is 10.7 Å². The molecular weight excluding hydrogens is 390 g/mol. The second kappa shape index (κ2) is 9.36. The molecule has 0 saturated carbocycles. The van der Waals surface area contributed by atoms with Gasteiger partial charge in [-0.1, -0.05) is 25.4 Å². The van der Waals surface area contributed by atoms with Crippen LogP contribution in [0.1, 0.15) is 19.6 Å². The van der Waals surface area contributed by atoms with Crippen LogP contribution in [0.25, 0.3) is 0 Å². The van der Waals surface area contributed by atoms with Gasteiger partial charge in [-0.05, 0) is 30.3 Å². The lowest BCUT2D eigenvalue weighted by molar-refractivity contribution is -0.886. The Hall–Kier alpha value is -1.87. The van der Waals surface area contributed by atoms with Gasteiger partial charge >= 0.3 is 0 Å². The highest BCUT2D eigenvalue weighted by Crippen LogP contribution is 2.26. The van der Waals surface area contributed by atoms with Gasteiger partial charge in [-0.25, -0.2) is 8.42 Å². The number of hydrogen-bond acceptors (Lipinski definition) is 4. The van der Waals surface area contributed by atoms with Crippen LogP contribution in [0.15, 0.2) is 45.9 Å². The number of nitrogens with zero attached hydrogens (tertiary/aromatic N) is 1. The number of sulfonamides is 1. The highest BCUT2D eigenvalue weighted by Gasteiger charge is 2.23. The Kier molecular flexibility index (Phi) is 7.43. The molecule has 1 atom stereocenters. The summed E-state index contributed by atoms with van der Waals surface area (Å²) < 4.78 is 31.9. The van der Waals surface area contributed by atoms with Gasteiger partial charge in [0.05, 0.1) is 28.9 Å². The molecular formula is C18H25ClN3O4S+. The molecule has 2 aromatic rings. The van der Waals surface area contributed by atoms with Crippen molar-refractivity contribution in [3.05, 3.63) is 47.4 Å². The first-order valence-corrected chi connectivity index (χ1v) is 10.5. The van der Waals surface area contributed by atoms with Crippen LogP contribution in [-0.2, 0) is 21.4 Å². The maximum atomic E-state index is 12.7. The van der Waals surface area contributed by atoms with E-state index in [9.17, 15) is 13.2 Å². The van der Waals surface area contributed by atoms with Crippen LogP contribution >= 0.6 is 11.6 Å². The number of furan rings is 1. The topological polar surface area (TPSA) is 84.1 Å². The Morgan fingerprint density at radius 2 is 1.96 bits per heavy atom. The second-order valence-corrected chi connectivity index (χ2v) is 8.51. The highest BCUT2D eigenvalue weighted by molar-refractivity contribution is 7.89. The fourth-order valence-corrected chi connectivity index (χ4v) is 4.36. The van der Waals surface area contributed by atoms with Gasteiger partial charge in [0.15, 0.2) is 12.3 Å². The minimum atomic E-state index is -3.63. The molecule has 148 valence electrons. The molecule has 0 spiro atoms. The average molecular weight is 415 g/mol. The summed E-state index contributed by atoms with van der Waals surface area (Å²) in [5, 5.41) is 2.99. The number of carbonyl (C=O) groups excluding carboxylic acids is 1. The number of quaternary nitrogens is 1. The Morgan fingerprint density at radius 1 is 1.26 bits per heavy atom. The number of rotatable bonds is 9. The van der Waals surface area contributed by atoms with E-state index in [4.69, 9.17) is 16.0 Å². The number of likely N-dealkylation sites (N-methyl/N-ethyl adjacent to an activating group) is 1. The molecule has 2 rings (SSSR count). The van der Waals surface area contributed by atoms with Gasteiger partial charge < -0.3 is 14.6 Å². The molecule has 1 heterocycles. The third-order valence-corrected chi connectivity index (χ3v) is 6.45. The fraction of sp³-hybridized carbons (Fsp3) is 0.389. The molecule has 0 fully saturated rings. The van der Waals surface area contributed by atoms with E-state index in [1.165, 1.54) is 22.5 Å². The van der Waals surface area contributed by atoms with Gasteiger partial charge in [-0.3, -0.25) is 4.79 Å². The second-order valence-electron chi connectivity index (χ2n) is 6.17. The van der Waals surface area contributed by atoms with E-state index >= 15 is 0 Å². The molecule has 2 N–H and O–H groups in total. The third kappa shape index (κ3) is 5.55. The summed E-state index contributed by atoms with van der Waals surface area (Å²) in [7, 11) is -1.76. The molecule has 0 aliphatic carbocycles. The molecule has 1 unspecified atom stereocenters. The molecule has 0 saturated heterocycles. The number of anilines is 1. The fourth-order valence-electron chi connectivity index (χ4n) is 2.71. The number of carbonyl (C=O) groups is 1. The quantitative estimate of drug-likeness (QED) is 0.653. The third-order valence-electron chi connectivity index (χ3n) is 4.07. The van der Waals surface area contributed by atoms with Crippen LogP contribution in [-0.4, -0.2) is 45.3 Å². The van der Waals surface area contributed by atoms with E-state index in [1.807, 2.05) is 13.1 Å². The van der Waals surface area contributed by atoms with Crippen molar-refractivity contribution in [2.24, 2.45) is 0 Å². The summed E-state index contributed by atoms with van der Waals surface area (Å²) in [5.74, 6) is 0.518. The molecule has 0 radical (unpaired) electrons. The van der Waals surface area contributed by atoms with Crippen molar-refractivity contribution in [2.75, 3.05) is 32.0 Å². The van der Waals surface area contributed by atoms with Crippen LogP contribution in [0, 0.1) is 0 Å². The molecule has 9 heteroatoms. The minimum absolute atomic E-state index is 0.0992.